The highest BCUT2D eigenvalue weighted by Gasteiger charge is 2.44. The number of nitrogens with zero attached hydrogens (tertiary/aromatic N) is 1. The summed E-state index contributed by atoms with van der Waals surface area (Å²) in [5.41, 5.74) is 6.74. The number of carbonyl (C=O) groups is 2. The fourth-order valence-electron chi connectivity index (χ4n) is 3.57. The Balaban J connectivity index is 1.71. The van der Waals surface area contributed by atoms with Gasteiger partial charge in [0.25, 0.3) is 5.91 Å². The predicted molar refractivity (Wildman–Crippen MR) is 113 cm³/mol. The van der Waals surface area contributed by atoms with Gasteiger partial charge in [-0.1, -0.05) is 47.1 Å². The first-order valence-corrected chi connectivity index (χ1v) is 9.62. The number of fused-ring (bicyclic) bond motifs is 1. The van der Waals surface area contributed by atoms with Crippen molar-refractivity contribution >= 4 is 23.6 Å². The molecule has 0 radical (unpaired) electrons. The van der Waals surface area contributed by atoms with Crippen molar-refractivity contribution in [3.05, 3.63) is 76.4 Å². The van der Waals surface area contributed by atoms with Crippen LogP contribution < -0.4 is 16.3 Å². The van der Waals surface area contributed by atoms with Crippen LogP contribution in [0.1, 0.15) is 34.2 Å². The number of carbonyl (C=O) groups excluding carboxylic acids is 2. The Kier molecular flexibility index (Phi) is 6.81. The molecule has 31 heavy (non-hydrogen) atoms. The standard InChI is InChI=1S/C22H24N4O5/c1-14-2-8-17-11-22(26-31,12-19(24-29)18(17)10-14)21(28)23-13-16-5-3-15(4-6-16)7-9-20(27)25-30/h2-10,26,29-31H,11-13H2,1H3,(H,23,28)(H,25,27)/b9-7+,24-19-. The number of benzene rings is 2. The number of hydrogen-bond acceptors (Lipinski definition) is 7. The molecule has 162 valence electrons. The van der Waals surface area contributed by atoms with E-state index in [1.165, 1.54) is 17.6 Å². The van der Waals surface area contributed by atoms with Gasteiger partial charge in [-0.25, -0.2) is 5.48 Å². The molecule has 0 heterocycles. The molecule has 9 heteroatoms. The number of aryl methyl sites for hydroxylation is 1. The Bertz CT molecular complexity index is 1030. The Morgan fingerprint density at radius 1 is 1.13 bits per heavy atom. The van der Waals surface area contributed by atoms with E-state index in [1.54, 1.807) is 24.3 Å². The van der Waals surface area contributed by atoms with Gasteiger partial charge >= 0.3 is 0 Å². The van der Waals surface area contributed by atoms with E-state index in [2.05, 4.69) is 16.0 Å². The average Bonchev–Trinajstić information content (AvgIpc) is 2.80. The summed E-state index contributed by atoms with van der Waals surface area (Å²) in [6, 6.07) is 12.8. The number of hydrogen-bond donors (Lipinski definition) is 6. The lowest BCUT2D eigenvalue weighted by Gasteiger charge is -2.35. The van der Waals surface area contributed by atoms with Crippen molar-refractivity contribution in [2.45, 2.75) is 31.8 Å². The molecule has 0 aromatic heterocycles. The molecule has 3 rings (SSSR count). The van der Waals surface area contributed by atoms with Crippen LogP contribution in [0.3, 0.4) is 0 Å². The van der Waals surface area contributed by atoms with Crippen LogP contribution in [0.4, 0.5) is 0 Å². The van der Waals surface area contributed by atoms with E-state index in [9.17, 15) is 20.0 Å². The van der Waals surface area contributed by atoms with Gasteiger partial charge in [-0.05, 0) is 35.8 Å². The normalized spacial score (nSPS) is 19.3. The first-order valence-electron chi connectivity index (χ1n) is 9.62. The molecule has 1 unspecified atom stereocenters. The molecule has 1 atom stereocenters. The van der Waals surface area contributed by atoms with Crippen LogP contribution in [0, 0.1) is 6.92 Å². The van der Waals surface area contributed by atoms with Crippen molar-refractivity contribution in [1.29, 1.82) is 0 Å². The molecule has 6 N–H and O–H groups in total. The fraction of sp³-hybridized carbons (Fsp3) is 0.227. The van der Waals surface area contributed by atoms with E-state index in [1.807, 2.05) is 25.1 Å². The summed E-state index contributed by atoms with van der Waals surface area (Å²) >= 11 is 0. The number of oxime groups is 1. The summed E-state index contributed by atoms with van der Waals surface area (Å²) in [5, 5.41) is 34.0. The number of rotatable bonds is 6. The largest absolute Gasteiger partial charge is 0.411 e. The van der Waals surface area contributed by atoms with Gasteiger partial charge in [-0.15, -0.1) is 0 Å². The zero-order chi connectivity index (χ0) is 22.4. The van der Waals surface area contributed by atoms with Gasteiger partial charge in [-0.3, -0.25) is 14.8 Å². The molecule has 1 aliphatic carbocycles. The van der Waals surface area contributed by atoms with Gasteiger partial charge in [0.1, 0.15) is 5.54 Å². The monoisotopic (exact) mass is 424 g/mol. The second-order valence-electron chi connectivity index (χ2n) is 7.49. The van der Waals surface area contributed by atoms with Crippen molar-refractivity contribution in [3.63, 3.8) is 0 Å². The topological polar surface area (TPSA) is 143 Å². The summed E-state index contributed by atoms with van der Waals surface area (Å²) < 4.78 is 0. The second kappa shape index (κ2) is 9.52. The summed E-state index contributed by atoms with van der Waals surface area (Å²) in [4.78, 5) is 24.0. The highest BCUT2D eigenvalue weighted by Crippen LogP contribution is 2.30. The van der Waals surface area contributed by atoms with Crippen molar-refractivity contribution in [1.82, 2.24) is 16.3 Å². The van der Waals surface area contributed by atoms with Crippen molar-refractivity contribution in [2.75, 3.05) is 0 Å². The molecule has 0 saturated carbocycles. The minimum absolute atomic E-state index is 0.0267. The summed E-state index contributed by atoms with van der Waals surface area (Å²) in [7, 11) is 0. The van der Waals surface area contributed by atoms with Crippen molar-refractivity contribution in [2.24, 2.45) is 5.16 Å². The van der Waals surface area contributed by atoms with Crippen LogP contribution in [-0.4, -0.2) is 38.7 Å². The van der Waals surface area contributed by atoms with E-state index in [0.29, 0.717) is 5.71 Å². The summed E-state index contributed by atoms with van der Waals surface area (Å²) in [6.45, 7) is 2.15. The number of amides is 2. The SMILES string of the molecule is Cc1ccc2c(c1)/C(=N\O)CC(NO)(C(=O)NCc1ccc(/C=C/C(=O)NO)cc1)C2. The second-order valence-corrected chi connectivity index (χ2v) is 7.49. The highest BCUT2D eigenvalue weighted by atomic mass is 16.5. The van der Waals surface area contributed by atoms with Crippen LogP contribution >= 0.6 is 0 Å². The minimum atomic E-state index is -1.36. The van der Waals surface area contributed by atoms with Crippen molar-refractivity contribution in [3.8, 4) is 0 Å². The quantitative estimate of drug-likeness (QED) is 0.180. The molecule has 2 aromatic rings. The molecule has 0 saturated heterocycles. The van der Waals surface area contributed by atoms with Crippen molar-refractivity contribution < 1.29 is 25.2 Å². The van der Waals surface area contributed by atoms with E-state index >= 15 is 0 Å². The van der Waals surface area contributed by atoms with Crippen LogP contribution in [-0.2, 0) is 22.6 Å². The fourth-order valence-corrected chi connectivity index (χ4v) is 3.57. The van der Waals surface area contributed by atoms with Gasteiger partial charge in [-0.2, -0.15) is 5.48 Å². The summed E-state index contributed by atoms with van der Waals surface area (Å²) in [5.74, 6) is -1.06. The molecule has 0 bridgehead atoms. The average molecular weight is 424 g/mol. The Hall–Kier alpha value is -3.53. The minimum Gasteiger partial charge on any atom is -0.411 e. The first kappa shape index (κ1) is 22.2. The Morgan fingerprint density at radius 2 is 1.87 bits per heavy atom. The van der Waals surface area contributed by atoms with E-state index in [4.69, 9.17) is 5.21 Å². The van der Waals surface area contributed by atoms with E-state index in [-0.39, 0.29) is 19.4 Å². The highest BCUT2D eigenvalue weighted by molar-refractivity contribution is 6.07. The third kappa shape index (κ3) is 4.97. The van der Waals surface area contributed by atoms with E-state index < -0.39 is 17.4 Å². The molecule has 9 nitrogen and oxygen atoms in total. The molecular weight excluding hydrogens is 400 g/mol. The molecule has 0 aliphatic heterocycles. The van der Waals surface area contributed by atoms with Crippen LogP contribution in [0.5, 0.6) is 0 Å². The van der Waals surface area contributed by atoms with Crippen LogP contribution in [0.2, 0.25) is 0 Å². The molecule has 0 spiro atoms. The van der Waals surface area contributed by atoms with E-state index in [0.717, 1.165) is 27.8 Å². The lowest BCUT2D eigenvalue weighted by molar-refractivity contribution is -0.132. The molecule has 0 fully saturated rings. The first-order chi connectivity index (χ1) is 14.9. The molecule has 2 amide bonds. The number of hydroxylamine groups is 2. The van der Waals surface area contributed by atoms with Gasteiger partial charge in [0.05, 0.1) is 5.71 Å². The molecule has 1 aliphatic rings. The maximum Gasteiger partial charge on any atom is 0.267 e. The van der Waals surface area contributed by atoms with Gasteiger partial charge in [0.2, 0.25) is 5.91 Å². The zero-order valence-corrected chi connectivity index (χ0v) is 16.9. The maximum absolute atomic E-state index is 13.0. The third-order valence-corrected chi connectivity index (χ3v) is 5.28. The number of nitrogens with one attached hydrogen (secondary N) is 3. The van der Waals surface area contributed by atoms with Gasteiger partial charge in [0.15, 0.2) is 0 Å². The molecular formula is C22H24N4O5. The maximum atomic E-state index is 13.0. The third-order valence-electron chi connectivity index (χ3n) is 5.28. The molecule has 2 aromatic carbocycles. The van der Waals surface area contributed by atoms with Crippen LogP contribution in [0.15, 0.2) is 53.7 Å². The lowest BCUT2D eigenvalue weighted by atomic mass is 9.76. The predicted octanol–water partition coefficient (Wildman–Crippen LogP) is 1.67. The Morgan fingerprint density at radius 3 is 2.52 bits per heavy atom. The summed E-state index contributed by atoms with van der Waals surface area (Å²) in [6.07, 6.45) is 2.99. The van der Waals surface area contributed by atoms with Gasteiger partial charge in [0, 0.05) is 31.0 Å². The smallest absolute Gasteiger partial charge is 0.267 e. The van der Waals surface area contributed by atoms with Crippen LogP contribution in [0.25, 0.3) is 6.08 Å². The van der Waals surface area contributed by atoms with Gasteiger partial charge < -0.3 is 15.7 Å². The lowest BCUT2D eigenvalue weighted by Crippen LogP contribution is -2.60. The zero-order valence-electron chi connectivity index (χ0n) is 16.9. The Labute approximate surface area is 179 Å².